The number of nitrogens with zero attached hydrogens (tertiary/aromatic N) is 5. The number of benzene rings is 1. The molecule has 1 unspecified atom stereocenters. The fourth-order valence-corrected chi connectivity index (χ4v) is 4.87. The molecule has 7 nitrogen and oxygen atoms in total. The van der Waals surface area contributed by atoms with Crippen molar-refractivity contribution in [2.24, 2.45) is 0 Å². The Kier molecular flexibility index (Phi) is 6.58. The molecule has 3 aromatic heterocycles. The molecule has 1 aromatic carbocycles. The summed E-state index contributed by atoms with van der Waals surface area (Å²) in [6.45, 7) is 4.09. The van der Waals surface area contributed by atoms with E-state index in [0.717, 1.165) is 59.5 Å². The zero-order valence-electron chi connectivity index (χ0n) is 17.7. The van der Waals surface area contributed by atoms with E-state index < -0.39 is 0 Å². The summed E-state index contributed by atoms with van der Waals surface area (Å²) in [7, 11) is 1.80. The summed E-state index contributed by atoms with van der Waals surface area (Å²) in [5.41, 5.74) is 5.87. The van der Waals surface area contributed by atoms with Crippen molar-refractivity contribution in [2.75, 3.05) is 25.1 Å². The van der Waals surface area contributed by atoms with Gasteiger partial charge in [-0.15, -0.1) is 0 Å². The van der Waals surface area contributed by atoms with E-state index in [1.165, 1.54) is 11.3 Å². The van der Waals surface area contributed by atoms with Gasteiger partial charge in [-0.2, -0.15) is 0 Å². The molecular formula is C24H29ClN6O. The molecule has 0 spiro atoms. The number of halogens is 1. The Hall–Kier alpha value is -2.77. The van der Waals surface area contributed by atoms with E-state index >= 15 is 0 Å². The van der Waals surface area contributed by atoms with Crippen LogP contribution in [0.3, 0.4) is 0 Å². The first-order chi connectivity index (χ1) is 15.2. The summed E-state index contributed by atoms with van der Waals surface area (Å²) in [5, 5.41) is 1.72. The third-order valence-electron chi connectivity index (χ3n) is 6.27. The number of aromatic amines is 1. The zero-order valence-corrected chi connectivity index (χ0v) is 18.4. The lowest BCUT2D eigenvalue weighted by Crippen LogP contribution is -2.37. The second-order valence-corrected chi connectivity index (χ2v) is 8.55. The Labute approximate surface area is 193 Å². The van der Waals surface area contributed by atoms with Crippen molar-refractivity contribution < 1.29 is 4.74 Å². The van der Waals surface area contributed by atoms with Crippen molar-refractivity contribution in [3.05, 3.63) is 53.3 Å². The van der Waals surface area contributed by atoms with Crippen LogP contribution in [0.5, 0.6) is 0 Å². The normalized spacial score (nSPS) is 15.8. The summed E-state index contributed by atoms with van der Waals surface area (Å²) in [6.07, 6.45) is 8.16. The Bertz CT molecular complexity index is 1220. The van der Waals surface area contributed by atoms with E-state index in [2.05, 4.69) is 37.8 Å². The molecule has 1 fully saturated rings. The average Bonchev–Trinajstić information content (AvgIpc) is 3.29. The molecule has 1 atom stereocenters. The number of H-pyrrole nitrogens is 1. The molecule has 0 radical (unpaired) electrons. The van der Waals surface area contributed by atoms with Gasteiger partial charge in [-0.3, -0.25) is 4.98 Å². The van der Waals surface area contributed by atoms with Gasteiger partial charge in [-0.1, -0.05) is 26.0 Å². The number of methoxy groups -OCH3 is 1. The lowest BCUT2D eigenvalue weighted by Gasteiger charge is -2.35. The molecule has 0 aliphatic carbocycles. The highest BCUT2D eigenvalue weighted by atomic mass is 35.5. The van der Waals surface area contributed by atoms with Crippen molar-refractivity contribution >= 4 is 39.4 Å². The van der Waals surface area contributed by atoms with Crippen molar-refractivity contribution in [1.29, 1.82) is 0 Å². The molecule has 1 aliphatic heterocycles. The van der Waals surface area contributed by atoms with Crippen molar-refractivity contribution in [1.82, 2.24) is 24.9 Å². The van der Waals surface area contributed by atoms with Crippen LogP contribution in [0.2, 0.25) is 5.02 Å². The number of rotatable bonds is 5. The maximum Gasteiger partial charge on any atom is 0.180 e. The molecule has 4 aromatic rings. The van der Waals surface area contributed by atoms with E-state index in [9.17, 15) is 0 Å². The zero-order chi connectivity index (χ0) is 21.4. The number of nitrogens with one attached hydrogen (secondary N) is 1. The van der Waals surface area contributed by atoms with Crippen LogP contribution in [-0.2, 0) is 11.2 Å². The summed E-state index contributed by atoms with van der Waals surface area (Å²) in [5.74, 6) is 0.181. The van der Waals surface area contributed by atoms with Crippen LogP contribution >= 0.6 is 11.6 Å². The summed E-state index contributed by atoms with van der Waals surface area (Å²) >= 11 is 6.72. The number of pyridine rings is 1. The predicted octanol–water partition coefficient (Wildman–Crippen LogP) is 5.15. The smallest absolute Gasteiger partial charge is 0.180 e. The van der Waals surface area contributed by atoms with Gasteiger partial charge < -0.3 is 14.6 Å². The van der Waals surface area contributed by atoms with Crippen molar-refractivity contribution in [3.63, 3.8) is 0 Å². The van der Waals surface area contributed by atoms with Gasteiger partial charge >= 0.3 is 0 Å². The number of hydrogen-bond donors (Lipinski definition) is 1. The van der Waals surface area contributed by atoms with Gasteiger partial charge in [0, 0.05) is 31.8 Å². The van der Waals surface area contributed by atoms with Crippen LogP contribution in [0, 0.1) is 0 Å². The van der Waals surface area contributed by atoms with Crippen LogP contribution in [0.15, 0.2) is 37.1 Å². The first-order valence-electron chi connectivity index (χ1n) is 10.6. The van der Waals surface area contributed by atoms with E-state index in [1.807, 2.05) is 18.3 Å². The van der Waals surface area contributed by atoms with Crippen LogP contribution in [0.1, 0.15) is 44.4 Å². The molecule has 5 rings (SSSR count). The molecule has 0 amide bonds. The number of ether oxygens (including phenoxy) is 1. The summed E-state index contributed by atoms with van der Waals surface area (Å²) < 4.78 is 5.58. The Morgan fingerprint density at radius 3 is 2.81 bits per heavy atom. The average molecular weight is 453 g/mol. The van der Waals surface area contributed by atoms with E-state index in [1.54, 1.807) is 19.8 Å². The molecule has 0 bridgehead atoms. The first-order valence-corrected chi connectivity index (χ1v) is 11.0. The molecule has 1 N–H and O–H groups in total. The van der Waals surface area contributed by atoms with E-state index in [0.29, 0.717) is 11.8 Å². The molecule has 8 heteroatoms. The van der Waals surface area contributed by atoms with Gasteiger partial charge in [0.1, 0.15) is 11.8 Å². The van der Waals surface area contributed by atoms with Gasteiger partial charge in [-0.25, -0.2) is 15.0 Å². The quantitative estimate of drug-likeness (QED) is 0.451. The van der Waals surface area contributed by atoms with Gasteiger partial charge in [0.2, 0.25) is 0 Å². The number of fused-ring (bicyclic) bond motifs is 2. The molecule has 1 aliphatic rings. The number of anilines is 1. The first kappa shape index (κ1) is 22.4. The van der Waals surface area contributed by atoms with Crippen LogP contribution in [-0.4, -0.2) is 51.2 Å². The third-order valence-corrected chi connectivity index (χ3v) is 6.58. The predicted molar refractivity (Wildman–Crippen MR) is 130 cm³/mol. The van der Waals surface area contributed by atoms with Crippen molar-refractivity contribution in [2.45, 2.75) is 45.6 Å². The van der Waals surface area contributed by atoms with Crippen LogP contribution in [0.4, 0.5) is 5.69 Å². The SMILES string of the molecule is C.COC1CCN(c2c(C(C)Cc3ncnc4nc[nH]c34)cc(Cl)c3cccnc23)CC1. The minimum absolute atomic E-state index is 0. The fraction of sp³-hybridized carbons (Fsp3) is 0.417. The Morgan fingerprint density at radius 1 is 1.22 bits per heavy atom. The third kappa shape index (κ3) is 4.02. The van der Waals surface area contributed by atoms with Gasteiger partial charge in [0.05, 0.1) is 34.4 Å². The van der Waals surface area contributed by atoms with Crippen LogP contribution in [0.25, 0.3) is 22.1 Å². The van der Waals surface area contributed by atoms with E-state index in [4.69, 9.17) is 21.3 Å². The minimum Gasteiger partial charge on any atom is -0.381 e. The van der Waals surface area contributed by atoms with Gasteiger partial charge in [0.25, 0.3) is 0 Å². The number of hydrogen-bond acceptors (Lipinski definition) is 6. The van der Waals surface area contributed by atoms with Gasteiger partial charge in [-0.05, 0) is 48.9 Å². The number of imidazole rings is 1. The largest absolute Gasteiger partial charge is 0.381 e. The maximum absolute atomic E-state index is 6.72. The number of aromatic nitrogens is 5. The highest BCUT2D eigenvalue weighted by molar-refractivity contribution is 6.36. The second-order valence-electron chi connectivity index (χ2n) is 8.14. The molecule has 0 saturated carbocycles. The van der Waals surface area contributed by atoms with Crippen molar-refractivity contribution in [3.8, 4) is 0 Å². The lowest BCUT2D eigenvalue weighted by molar-refractivity contribution is 0.0819. The molecule has 4 heterocycles. The Morgan fingerprint density at radius 2 is 2.03 bits per heavy atom. The Balaban J connectivity index is 0.00000245. The monoisotopic (exact) mass is 452 g/mol. The molecule has 32 heavy (non-hydrogen) atoms. The second kappa shape index (κ2) is 9.38. The highest BCUT2D eigenvalue weighted by Gasteiger charge is 2.26. The highest BCUT2D eigenvalue weighted by Crippen LogP contribution is 2.40. The molecule has 168 valence electrons. The standard InChI is InChI=1S/C23H25ClN6O.CH4/c1-14(10-19-21-23(28-12-26-19)29-13-27-21)17-11-18(24)16-4-3-7-25-20(16)22(17)30-8-5-15(31-2)6-9-30;/h3-4,7,11-15H,5-6,8-10H2,1-2H3,(H,26,27,28,29);1H4. The summed E-state index contributed by atoms with van der Waals surface area (Å²) in [6, 6.07) is 6.09. The number of piperidine rings is 1. The summed E-state index contributed by atoms with van der Waals surface area (Å²) in [4.78, 5) is 23.4. The minimum atomic E-state index is 0. The molecular weight excluding hydrogens is 424 g/mol. The molecule has 1 saturated heterocycles. The fourth-order valence-electron chi connectivity index (χ4n) is 4.60. The van der Waals surface area contributed by atoms with E-state index in [-0.39, 0.29) is 13.3 Å². The van der Waals surface area contributed by atoms with Crippen LogP contribution < -0.4 is 4.90 Å². The lowest BCUT2D eigenvalue weighted by atomic mass is 9.91. The van der Waals surface area contributed by atoms with Gasteiger partial charge in [0.15, 0.2) is 5.65 Å². The maximum atomic E-state index is 6.72. The topological polar surface area (TPSA) is 79.8 Å².